The molecule has 0 radical (unpaired) electrons. The van der Waals surface area contributed by atoms with E-state index in [-0.39, 0.29) is 37.6 Å². The molecule has 0 saturated heterocycles. The molecule has 164 valence electrons. The van der Waals surface area contributed by atoms with E-state index in [1.54, 1.807) is 0 Å². The Morgan fingerprint density at radius 3 is 1.10 bits per heavy atom. The van der Waals surface area contributed by atoms with Crippen LogP contribution in [0.3, 0.4) is 0 Å². The molecule has 0 unspecified atom stereocenters. The summed E-state index contributed by atoms with van der Waals surface area (Å²) in [5.41, 5.74) is -0.477. The summed E-state index contributed by atoms with van der Waals surface area (Å²) in [6.45, 7) is -0.994. The van der Waals surface area contributed by atoms with Gasteiger partial charge in [-0.2, -0.15) is 0 Å². The fourth-order valence-electron chi connectivity index (χ4n) is 1.88. The van der Waals surface area contributed by atoms with Crippen molar-refractivity contribution < 1.29 is 59.9 Å². The van der Waals surface area contributed by atoms with Gasteiger partial charge in [0.1, 0.15) is 13.2 Å². The molecule has 0 spiro atoms. The third-order valence-electron chi connectivity index (χ3n) is 3.26. The molecule has 0 aliphatic heterocycles. The van der Waals surface area contributed by atoms with Crippen molar-refractivity contribution in [3.63, 3.8) is 0 Å². The highest BCUT2D eigenvalue weighted by molar-refractivity contribution is 5.92. The molecule has 2 aromatic carbocycles. The lowest BCUT2D eigenvalue weighted by atomic mass is 10.2. The van der Waals surface area contributed by atoms with Crippen molar-refractivity contribution in [1.29, 1.82) is 0 Å². The van der Waals surface area contributed by atoms with Gasteiger partial charge in [0.05, 0.1) is 24.3 Å². The molecule has 12 heteroatoms. The molecular formula is C18H20O12. The Kier molecular flexibility index (Phi) is 9.00. The van der Waals surface area contributed by atoms with Crippen molar-refractivity contribution in [1.82, 2.24) is 0 Å². The number of carbonyl (C=O) groups excluding carboxylic acids is 2. The first-order valence-electron chi connectivity index (χ1n) is 8.18. The molecule has 0 saturated carbocycles. The molecule has 8 N–H and O–H groups in total. The van der Waals surface area contributed by atoms with E-state index >= 15 is 0 Å². The number of phenols is 6. The van der Waals surface area contributed by atoms with Crippen molar-refractivity contribution in [2.75, 3.05) is 26.4 Å². The lowest BCUT2D eigenvalue weighted by Crippen LogP contribution is -2.14. The van der Waals surface area contributed by atoms with Crippen LogP contribution in [0, 0.1) is 0 Å². The fraction of sp³-hybridized carbons (Fsp3) is 0.222. The Hall–Kier alpha value is -3.90. The minimum Gasteiger partial charge on any atom is -0.504 e. The highest BCUT2D eigenvalue weighted by Crippen LogP contribution is 2.36. The third-order valence-corrected chi connectivity index (χ3v) is 3.26. The second-order valence-electron chi connectivity index (χ2n) is 5.45. The van der Waals surface area contributed by atoms with Crippen molar-refractivity contribution in [2.45, 2.75) is 0 Å². The monoisotopic (exact) mass is 428 g/mol. The number of benzene rings is 2. The van der Waals surface area contributed by atoms with Gasteiger partial charge in [-0.1, -0.05) is 0 Å². The molecule has 0 fully saturated rings. The summed E-state index contributed by atoms with van der Waals surface area (Å²) in [6.07, 6.45) is 0. The van der Waals surface area contributed by atoms with E-state index in [1.807, 2.05) is 0 Å². The number of carbonyl (C=O) groups is 2. The Morgan fingerprint density at radius 1 is 0.600 bits per heavy atom. The quantitative estimate of drug-likeness (QED) is 0.172. The van der Waals surface area contributed by atoms with E-state index in [1.165, 1.54) is 0 Å². The van der Waals surface area contributed by atoms with Gasteiger partial charge in [0.15, 0.2) is 34.5 Å². The average molecular weight is 428 g/mol. The maximum Gasteiger partial charge on any atom is 0.338 e. The van der Waals surface area contributed by atoms with Gasteiger partial charge in [-0.15, -0.1) is 0 Å². The molecule has 0 amide bonds. The summed E-state index contributed by atoms with van der Waals surface area (Å²) in [5.74, 6) is -6.32. The molecule has 0 aromatic heterocycles. The van der Waals surface area contributed by atoms with Crippen LogP contribution in [0.5, 0.6) is 34.5 Å². The predicted octanol–water partition coefficient (Wildman–Crippen LogP) is -0.0950. The molecule has 0 heterocycles. The summed E-state index contributed by atoms with van der Waals surface area (Å²) < 4.78 is 9.54. The maximum absolute atomic E-state index is 11.7. The van der Waals surface area contributed by atoms with E-state index in [9.17, 15) is 40.2 Å². The summed E-state index contributed by atoms with van der Waals surface area (Å²) >= 11 is 0. The van der Waals surface area contributed by atoms with Gasteiger partial charge in [-0.05, 0) is 24.3 Å². The summed E-state index contributed by atoms with van der Waals surface area (Å²) in [4.78, 5) is 23.5. The maximum atomic E-state index is 11.7. The standard InChI is InChI=1S/C16H14O10.C2H6O2/c17-9-3-7(4-10(18)13(9)21)15(23)25-1-2-26-16(24)8-5-11(19)14(22)12(20)6-8;3-1-2-4/h3-6,17-22H,1-2H2;3-4H,1-2H2. The van der Waals surface area contributed by atoms with E-state index in [2.05, 4.69) is 0 Å². The van der Waals surface area contributed by atoms with Crippen molar-refractivity contribution in [3.8, 4) is 34.5 Å². The molecule has 2 rings (SSSR count). The molecule has 12 nitrogen and oxygen atoms in total. The van der Waals surface area contributed by atoms with Crippen molar-refractivity contribution >= 4 is 11.9 Å². The highest BCUT2D eigenvalue weighted by Gasteiger charge is 2.16. The minimum atomic E-state index is -0.952. The van der Waals surface area contributed by atoms with Crippen LogP contribution in [-0.4, -0.2) is 79.2 Å². The number of aliphatic hydroxyl groups is 2. The zero-order chi connectivity index (χ0) is 22.8. The van der Waals surface area contributed by atoms with Crippen LogP contribution in [-0.2, 0) is 9.47 Å². The van der Waals surface area contributed by atoms with Gasteiger partial charge in [-0.3, -0.25) is 0 Å². The van der Waals surface area contributed by atoms with Gasteiger partial charge < -0.3 is 50.3 Å². The van der Waals surface area contributed by atoms with Crippen LogP contribution in [0.2, 0.25) is 0 Å². The van der Waals surface area contributed by atoms with Gasteiger partial charge in [-0.25, -0.2) is 9.59 Å². The Morgan fingerprint density at radius 2 is 0.867 bits per heavy atom. The summed E-state index contributed by atoms with van der Waals surface area (Å²) in [7, 11) is 0. The molecule has 0 bridgehead atoms. The van der Waals surface area contributed by atoms with Crippen LogP contribution < -0.4 is 0 Å². The van der Waals surface area contributed by atoms with Gasteiger partial charge >= 0.3 is 11.9 Å². The second kappa shape index (κ2) is 11.2. The van der Waals surface area contributed by atoms with Gasteiger partial charge in [0.2, 0.25) is 0 Å². The molecule has 2 aromatic rings. The fourth-order valence-corrected chi connectivity index (χ4v) is 1.88. The van der Waals surface area contributed by atoms with E-state index < -0.39 is 46.4 Å². The Labute approximate surface area is 169 Å². The SMILES string of the molecule is O=C(OCCOC(=O)c1cc(O)c(O)c(O)c1)c1cc(O)c(O)c(O)c1.OCCO. The smallest absolute Gasteiger partial charge is 0.338 e. The zero-order valence-corrected chi connectivity index (χ0v) is 15.3. The molecular weight excluding hydrogens is 408 g/mol. The Balaban J connectivity index is 0.00000103. The van der Waals surface area contributed by atoms with E-state index in [4.69, 9.17) is 19.7 Å². The topological polar surface area (TPSA) is 214 Å². The Bertz CT molecular complexity index is 773. The number of aromatic hydroxyl groups is 6. The van der Waals surface area contributed by atoms with Gasteiger partial charge in [0.25, 0.3) is 0 Å². The number of ether oxygens (including phenoxy) is 2. The average Bonchev–Trinajstić information content (AvgIpc) is 2.72. The first-order chi connectivity index (χ1) is 14.1. The van der Waals surface area contributed by atoms with Crippen LogP contribution >= 0.6 is 0 Å². The van der Waals surface area contributed by atoms with Crippen molar-refractivity contribution in [3.05, 3.63) is 35.4 Å². The lowest BCUT2D eigenvalue weighted by molar-refractivity contribution is 0.0265. The second-order valence-corrected chi connectivity index (χ2v) is 5.45. The predicted molar refractivity (Wildman–Crippen MR) is 97.6 cm³/mol. The van der Waals surface area contributed by atoms with Crippen LogP contribution in [0.15, 0.2) is 24.3 Å². The number of hydrogen-bond donors (Lipinski definition) is 8. The number of esters is 2. The van der Waals surface area contributed by atoms with Crippen LogP contribution in [0.1, 0.15) is 20.7 Å². The van der Waals surface area contributed by atoms with Gasteiger partial charge in [0, 0.05) is 0 Å². The number of aliphatic hydroxyl groups excluding tert-OH is 2. The third kappa shape index (κ3) is 6.61. The van der Waals surface area contributed by atoms with E-state index in [0.29, 0.717) is 0 Å². The van der Waals surface area contributed by atoms with E-state index in [0.717, 1.165) is 24.3 Å². The molecule has 0 atom stereocenters. The number of phenolic OH excluding ortho intramolecular Hbond substituents is 6. The summed E-state index contributed by atoms with van der Waals surface area (Å²) in [6, 6.07) is 3.52. The molecule has 30 heavy (non-hydrogen) atoms. The zero-order valence-electron chi connectivity index (χ0n) is 15.3. The lowest BCUT2D eigenvalue weighted by Gasteiger charge is -2.09. The summed E-state index contributed by atoms with van der Waals surface area (Å²) in [5, 5.41) is 70.9. The highest BCUT2D eigenvalue weighted by atomic mass is 16.6. The molecule has 0 aliphatic carbocycles. The van der Waals surface area contributed by atoms with Crippen molar-refractivity contribution in [2.24, 2.45) is 0 Å². The van der Waals surface area contributed by atoms with Crippen LogP contribution in [0.4, 0.5) is 0 Å². The molecule has 0 aliphatic rings. The van der Waals surface area contributed by atoms with Crippen LogP contribution in [0.25, 0.3) is 0 Å². The number of hydrogen-bond acceptors (Lipinski definition) is 12. The largest absolute Gasteiger partial charge is 0.504 e. The normalized spacial score (nSPS) is 9.93. The number of rotatable bonds is 6. The first kappa shape index (κ1) is 24.1. The minimum absolute atomic E-state index is 0.125. The first-order valence-corrected chi connectivity index (χ1v) is 8.18.